The van der Waals surface area contributed by atoms with E-state index in [0.29, 0.717) is 36.4 Å². The fourth-order valence-electron chi connectivity index (χ4n) is 2.95. The smallest absolute Gasteiger partial charge is 0.234 e. The number of thioether (sulfide) groups is 1. The largest absolute Gasteiger partial charge is 0.494 e. The Morgan fingerprint density at radius 2 is 1.84 bits per heavy atom. The molecule has 0 aliphatic heterocycles. The van der Waals surface area contributed by atoms with E-state index < -0.39 is 0 Å². The number of amides is 1. The Kier molecular flexibility index (Phi) is 8.12. The summed E-state index contributed by atoms with van der Waals surface area (Å²) < 4.78 is 13.1. The number of hydrogen-bond acceptors (Lipinski definition) is 6. The van der Waals surface area contributed by atoms with E-state index in [-0.39, 0.29) is 11.7 Å². The highest BCUT2D eigenvalue weighted by molar-refractivity contribution is 7.99. The van der Waals surface area contributed by atoms with Gasteiger partial charge >= 0.3 is 0 Å². The van der Waals surface area contributed by atoms with Crippen LogP contribution < -0.4 is 14.8 Å². The second-order valence-corrected chi connectivity index (χ2v) is 7.37. The Bertz CT molecular complexity index is 1020. The van der Waals surface area contributed by atoms with Gasteiger partial charge in [-0.2, -0.15) is 0 Å². The molecule has 162 valence electrons. The zero-order valence-electron chi connectivity index (χ0n) is 17.7. The third-order valence-corrected chi connectivity index (χ3v) is 5.20. The van der Waals surface area contributed by atoms with Crippen LogP contribution in [-0.4, -0.2) is 39.6 Å². The number of carbonyl (C=O) groups excluding carboxylic acids is 1. The lowest BCUT2D eigenvalue weighted by Gasteiger charge is -2.11. The van der Waals surface area contributed by atoms with Crippen molar-refractivity contribution in [3.63, 3.8) is 0 Å². The molecule has 3 aromatic rings. The van der Waals surface area contributed by atoms with Crippen LogP contribution in [-0.2, 0) is 11.3 Å². The molecule has 1 amide bonds. The lowest BCUT2D eigenvalue weighted by molar-refractivity contribution is -0.113. The van der Waals surface area contributed by atoms with Gasteiger partial charge in [0.15, 0.2) is 11.0 Å². The molecule has 1 aromatic heterocycles. The first-order valence-electron chi connectivity index (χ1n) is 10.1. The molecule has 0 radical (unpaired) electrons. The van der Waals surface area contributed by atoms with E-state index in [0.717, 1.165) is 17.1 Å². The monoisotopic (exact) mass is 438 g/mol. The van der Waals surface area contributed by atoms with Crippen LogP contribution in [0.1, 0.15) is 13.8 Å². The molecule has 0 bridgehead atoms. The summed E-state index contributed by atoms with van der Waals surface area (Å²) >= 11 is 1.32. The normalized spacial score (nSPS) is 10.5. The fourth-order valence-corrected chi connectivity index (χ4v) is 3.70. The Morgan fingerprint density at radius 3 is 2.55 bits per heavy atom. The Labute approximate surface area is 186 Å². The van der Waals surface area contributed by atoms with Crippen molar-refractivity contribution in [2.24, 2.45) is 0 Å². The van der Waals surface area contributed by atoms with Crippen LogP contribution in [0.4, 0.5) is 5.69 Å². The van der Waals surface area contributed by atoms with E-state index >= 15 is 0 Å². The molecule has 31 heavy (non-hydrogen) atoms. The van der Waals surface area contributed by atoms with Crippen LogP contribution in [0.2, 0.25) is 0 Å². The molecular weight excluding hydrogens is 412 g/mol. The predicted molar refractivity (Wildman–Crippen MR) is 124 cm³/mol. The van der Waals surface area contributed by atoms with E-state index in [1.807, 2.05) is 66.9 Å². The van der Waals surface area contributed by atoms with Gasteiger partial charge in [0.2, 0.25) is 5.91 Å². The molecule has 8 heteroatoms. The van der Waals surface area contributed by atoms with Gasteiger partial charge < -0.3 is 14.8 Å². The van der Waals surface area contributed by atoms with Gasteiger partial charge in [-0.25, -0.2) is 0 Å². The lowest BCUT2D eigenvalue weighted by Crippen LogP contribution is -2.14. The topological polar surface area (TPSA) is 78.3 Å². The zero-order chi connectivity index (χ0) is 22.1. The number of nitrogens with one attached hydrogen (secondary N) is 1. The summed E-state index contributed by atoms with van der Waals surface area (Å²) in [7, 11) is 0. The maximum absolute atomic E-state index is 12.4. The number of rotatable bonds is 11. The number of aromatic nitrogens is 3. The van der Waals surface area contributed by atoms with E-state index in [1.165, 1.54) is 11.8 Å². The van der Waals surface area contributed by atoms with Crippen molar-refractivity contribution in [1.29, 1.82) is 0 Å². The number of anilines is 1. The van der Waals surface area contributed by atoms with E-state index in [4.69, 9.17) is 9.47 Å². The highest BCUT2D eigenvalue weighted by Gasteiger charge is 2.18. The number of carbonyl (C=O) groups is 1. The number of allylic oxidation sites excluding steroid dienone is 1. The first-order chi connectivity index (χ1) is 15.2. The second-order valence-electron chi connectivity index (χ2n) is 6.43. The maximum atomic E-state index is 12.4. The summed E-state index contributed by atoms with van der Waals surface area (Å²) in [6, 6.07) is 15.0. The van der Waals surface area contributed by atoms with E-state index in [2.05, 4.69) is 22.1 Å². The van der Waals surface area contributed by atoms with Gasteiger partial charge in [0, 0.05) is 12.2 Å². The summed E-state index contributed by atoms with van der Waals surface area (Å²) in [5.74, 6) is 2.27. The van der Waals surface area contributed by atoms with E-state index in [1.54, 1.807) is 6.08 Å². The molecule has 2 aromatic carbocycles. The predicted octanol–water partition coefficient (Wildman–Crippen LogP) is 4.66. The first kappa shape index (κ1) is 22.4. The summed E-state index contributed by atoms with van der Waals surface area (Å²) in [4.78, 5) is 12.4. The molecule has 0 atom stereocenters. The number of hydrogen-bond donors (Lipinski definition) is 1. The van der Waals surface area contributed by atoms with Crippen molar-refractivity contribution in [3.8, 4) is 22.9 Å². The molecule has 0 aliphatic carbocycles. The van der Waals surface area contributed by atoms with Gasteiger partial charge in [-0.05, 0) is 50.2 Å². The molecule has 0 unspecified atom stereocenters. The third kappa shape index (κ3) is 5.88. The van der Waals surface area contributed by atoms with Crippen LogP contribution in [0, 0.1) is 0 Å². The van der Waals surface area contributed by atoms with Crippen molar-refractivity contribution < 1.29 is 14.3 Å². The standard InChI is InChI=1S/C23H26N4O3S/c1-4-15-27-22(19-9-7-8-10-20(19)30-6-3)25-26-23(27)31-16-21(28)24-17-11-13-18(14-12-17)29-5-2/h4,7-14H,1,5-6,15-16H2,2-3H3,(H,24,28). The molecule has 7 nitrogen and oxygen atoms in total. The molecule has 1 heterocycles. The Balaban J connectivity index is 1.70. The van der Waals surface area contributed by atoms with Crippen molar-refractivity contribution in [3.05, 3.63) is 61.2 Å². The minimum Gasteiger partial charge on any atom is -0.494 e. The van der Waals surface area contributed by atoms with Crippen LogP contribution in [0.25, 0.3) is 11.4 Å². The second kappa shape index (κ2) is 11.2. The van der Waals surface area contributed by atoms with Crippen LogP contribution in [0.5, 0.6) is 11.5 Å². The molecule has 0 aliphatic rings. The number of nitrogens with zero attached hydrogens (tertiary/aromatic N) is 3. The molecular formula is C23H26N4O3S. The van der Waals surface area contributed by atoms with Gasteiger partial charge in [0.05, 0.1) is 24.5 Å². The third-order valence-electron chi connectivity index (χ3n) is 4.24. The average Bonchev–Trinajstić information content (AvgIpc) is 3.17. The summed E-state index contributed by atoms with van der Waals surface area (Å²) in [6.45, 7) is 9.38. The van der Waals surface area contributed by atoms with Crippen LogP contribution in [0.15, 0.2) is 66.3 Å². The molecule has 0 saturated carbocycles. The SMILES string of the molecule is C=CCn1c(SCC(=O)Nc2ccc(OCC)cc2)nnc1-c1ccccc1OCC. The average molecular weight is 439 g/mol. The Hall–Kier alpha value is -3.26. The van der Waals surface area contributed by atoms with Gasteiger partial charge in [0.1, 0.15) is 11.5 Å². The summed E-state index contributed by atoms with van der Waals surface area (Å²) in [6.07, 6.45) is 1.78. The lowest BCUT2D eigenvalue weighted by atomic mass is 10.2. The molecule has 0 saturated heterocycles. The fraction of sp³-hybridized carbons (Fsp3) is 0.261. The molecule has 0 fully saturated rings. The quantitative estimate of drug-likeness (QED) is 0.347. The Morgan fingerprint density at radius 1 is 1.10 bits per heavy atom. The van der Waals surface area contributed by atoms with E-state index in [9.17, 15) is 4.79 Å². The van der Waals surface area contributed by atoms with Gasteiger partial charge in [-0.1, -0.05) is 30.0 Å². The summed E-state index contributed by atoms with van der Waals surface area (Å²) in [5.41, 5.74) is 1.57. The first-order valence-corrected chi connectivity index (χ1v) is 11.1. The molecule has 0 spiro atoms. The van der Waals surface area contributed by atoms with Crippen LogP contribution >= 0.6 is 11.8 Å². The van der Waals surface area contributed by atoms with Gasteiger partial charge in [0.25, 0.3) is 0 Å². The van der Waals surface area contributed by atoms with Crippen LogP contribution in [0.3, 0.4) is 0 Å². The number of benzene rings is 2. The zero-order valence-corrected chi connectivity index (χ0v) is 18.5. The maximum Gasteiger partial charge on any atom is 0.234 e. The number of ether oxygens (including phenoxy) is 2. The van der Waals surface area contributed by atoms with Gasteiger partial charge in [-0.3, -0.25) is 9.36 Å². The van der Waals surface area contributed by atoms with Crippen molar-refractivity contribution >= 4 is 23.4 Å². The summed E-state index contributed by atoms with van der Waals surface area (Å²) in [5, 5.41) is 12.2. The van der Waals surface area contributed by atoms with Crippen molar-refractivity contribution in [2.45, 2.75) is 25.5 Å². The van der Waals surface area contributed by atoms with Crippen molar-refractivity contribution in [2.75, 3.05) is 24.3 Å². The highest BCUT2D eigenvalue weighted by Crippen LogP contribution is 2.31. The minimum absolute atomic E-state index is 0.126. The number of para-hydroxylation sites is 1. The molecule has 1 N–H and O–H groups in total. The molecule has 3 rings (SSSR count). The van der Waals surface area contributed by atoms with Gasteiger partial charge in [-0.15, -0.1) is 16.8 Å². The highest BCUT2D eigenvalue weighted by atomic mass is 32.2. The minimum atomic E-state index is -0.126. The van der Waals surface area contributed by atoms with Crippen molar-refractivity contribution in [1.82, 2.24) is 14.8 Å².